The van der Waals surface area contributed by atoms with Gasteiger partial charge in [0.15, 0.2) is 0 Å². The van der Waals surface area contributed by atoms with Crippen molar-refractivity contribution in [2.75, 3.05) is 23.3 Å². The Balaban J connectivity index is 1.52. The summed E-state index contributed by atoms with van der Waals surface area (Å²) in [5, 5.41) is 13.3. The summed E-state index contributed by atoms with van der Waals surface area (Å²) in [4.78, 5) is 26.5. The summed E-state index contributed by atoms with van der Waals surface area (Å²) in [5.41, 5.74) is 3.37. The number of fused-ring (bicyclic) bond motifs is 1. The summed E-state index contributed by atoms with van der Waals surface area (Å²) in [6.07, 6.45) is 4.55. The number of hydrogen-bond acceptors (Lipinski definition) is 6. The molecule has 33 heavy (non-hydrogen) atoms. The molecule has 7 nitrogen and oxygen atoms in total. The Kier molecular flexibility index (Phi) is 5.51. The first-order valence-corrected chi connectivity index (χ1v) is 10.9. The number of pyridine rings is 3. The quantitative estimate of drug-likeness (QED) is 0.437. The lowest BCUT2D eigenvalue weighted by Crippen LogP contribution is -2.35. The van der Waals surface area contributed by atoms with Gasteiger partial charge in [0.05, 0.1) is 40.3 Å². The summed E-state index contributed by atoms with van der Waals surface area (Å²) in [6.45, 7) is 3.46. The summed E-state index contributed by atoms with van der Waals surface area (Å²) in [7, 11) is 0. The zero-order valence-corrected chi connectivity index (χ0v) is 18.2. The molecule has 0 bridgehead atoms. The number of aromatic nitrogens is 3. The number of nitrogens with zero attached hydrogens (tertiary/aromatic N) is 3. The van der Waals surface area contributed by atoms with Gasteiger partial charge in [0.1, 0.15) is 11.6 Å². The van der Waals surface area contributed by atoms with E-state index < -0.39 is 0 Å². The van der Waals surface area contributed by atoms with Crippen molar-refractivity contribution in [3.8, 4) is 11.3 Å². The van der Waals surface area contributed by atoms with Crippen molar-refractivity contribution in [3.63, 3.8) is 0 Å². The van der Waals surface area contributed by atoms with Crippen LogP contribution >= 0.6 is 0 Å². The highest BCUT2D eigenvalue weighted by molar-refractivity contribution is 5.94. The maximum atomic E-state index is 14.6. The summed E-state index contributed by atoms with van der Waals surface area (Å²) in [6, 6.07) is 12.0. The fraction of sp³-hybridized carbons (Fsp3) is 0.240. The average Bonchev–Trinajstić information content (AvgIpc) is 2.81. The molecule has 0 aliphatic carbocycles. The van der Waals surface area contributed by atoms with Crippen LogP contribution in [-0.2, 0) is 0 Å². The Bertz CT molecular complexity index is 1360. The minimum Gasteiger partial charge on any atom is -0.393 e. The average molecular weight is 445 g/mol. The van der Waals surface area contributed by atoms with Gasteiger partial charge in [-0.2, -0.15) is 0 Å². The van der Waals surface area contributed by atoms with Gasteiger partial charge in [0, 0.05) is 24.8 Å². The first kappa shape index (κ1) is 21.1. The molecule has 1 aliphatic heterocycles. The fourth-order valence-corrected chi connectivity index (χ4v) is 4.17. The molecule has 0 unspecified atom stereocenters. The van der Waals surface area contributed by atoms with E-state index in [0.717, 1.165) is 37.2 Å². The molecule has 1 aromatic carbocycles. The maximum Gasteiger partial charge on any atom is 0.259 e. The summed E-state index contributed by atoms with van der Waals surface area (Å²) in [5.74, 6) is 0.180. The van der Waals surface area contributed by atoms with Crippen LogP contribution in [-0.4, -0.2) is 39.3 Å². The van der Waals surface area contributed by atoms with Crippen LogP contribution in [0.4, 0.5) is 21.6 Å². The number of hydrogen-bond donors (Lipinski definition) is 3. The van der Waals surface area contributed by atoms with Gasteiger partial charge in [0.25, 0.3) is 5.56 Å². The van der Waals surface area contributed by atoms with Crippen molar-refractivity contribution in [2.45, 2.75) is 25.9 Å². The van der Waals surface area contributed by atoms with Crippen LogP contribution in [0.15, 0.2) is 59.7 Å². The van der Waals surface area contributed by atoms with Crippen molar-refractivity contribution < 1.29 is 9.50 Å². The van der Waals surface area contributed by atoms with Crippen LogP contribution in [0, 0.1) is 12.7 Å². The van der Waals surface area contributed by atoms with Crippen molar-refractivity contribution >= 4 is 28.1 Å². The molecule has 4 heterocycles. The minimum absolute atomic E-state index is 0.236. The van der Waals surface area contributed by atoms with Gasteiger partial charge in [-0.25, -0.2) is 14.4 Å². The lowest BCUT2D eigenvalue weighted by atomic mass is 10.1. The zero-order chi connectivity index (χ0) is 22.9. The number of piperidine rings is 1. The molecule has 0 radical (unpaired) electrons. The lowest BCUT2D eigenvalue weighted by molar-refractivity contribution is 0.145. The zero-order valence-electron chi connectivity index (χ0n) is 18.2. The van der Waals surface area contributed by atoms with Crippen LogP contribution in [0.1, 0.15) is 18.4 Å². The number of benzene rings is 1. The fourth-order valence-electron chi connectivity index (χ4n) is 4.17. The maximum absolute atomic E-state index is 14.6. The number of anilines is 3. The topological polar surface area (TPSA) is 94.1 Å². The monoisotopic (exact) mass is 445 g/mol. The molecule has 3 N–H and O–H groups in total. The van der Waals surface area contributed by atoms with Crippen LogP contribution < -0.4 is 15.8 Å². The van der Waals surface area contributed by atoms with Gasteiger partial charge in [-0.05, 0) is 56.2 Å². The molecule has 0 saturated carbocycles. The second-order valence-electron chi connectivity index (χ2n) is 8.35. The number of H-pyrrole nitrogens is 1. The third-order valence-corrected chi connectivity index (χ3v) is 5.97. The number of nitrogens with one attached hydrogen (secondary N) is 2. The van der Waals surface area contributed by atoms with E-state index in [4.69, 9.17) is 0 Å². The largest absolute Gasteiger partial charge is 0.393 e. The molecule has 0 spiro atoms. The van der Waals surface area contributed by atoms with Gasteiger partial charge >= 0.3 is 0 Å². The van der Waals surface area contributed by atoms with Gasteiger partial charge in [0.2, 0.25) is 0 Å². The Hall–Kier alpha value is -3.78. The van der Waals surface area contributed by atoms with Crippen molar-refractivity contribution in [3.05, 3.63) is 76.6 Å². The Labute approximate surface area is 190 Å². The standard InChI is InChI=1S/C25H24FN5O2/c1-15-2-4-19(26)18(12-15)21-13-22(24-20(29-21)6-9-27-25(24)33)30-23-5-3-16(14-28-23)31-10-7-17(32)8-11-31/h2-6,9,12-14,17,32H,7-8,10-11H2,1H3,(H,27,33)(H,28,29,30). The molecule has 1 fully saturated rings. The van der Waals surface area contributed by atoms with Crippen molar-refractivity contribution in [1.29, 1.82) is 0 Å². The van der Waals surface area contributed by atoms with Crippen molar-refractivity contribution in [2.24, 2.45) is 0 Å². The number of aryl methyl sites for hydroxylation is 1. The number of aromatic amines is 1. The van der Waals surface area contributed by atoms with Gasteiger partial charge in [-0.3, -0.25) is 4.79 Å². The Morgan fingerprint density at radius 2 is 1.97 bits per heavy atom. The smallest absolute Gasteiger partial charge is 0.259 e. The van der Waals surface area contributed by atoms with Crippen LogP contribution in [0.2, 0.25) is 0 Å². The van der Waals surface area contributed by atoms with E-state index in [1.54, 1.807) is 30.5 Å². The molecular formula is C25H24FN5O2. The SMILES string of the molecule is Cc1ccc(F)c(-c2cc(Nc3ccc(N4CCC(O)CC4)cn3)c3c(=O)[nH]ccc3n2)c1. The lowest BCUT2D eigenvalue weighted by Gasteiger charge is -2.31. The van der Waals surface area contributed by atoms with E-state index in [9.17, 15) is 14.3 Å². The van der Waals surface area contributed by atoms with Crippen molar-refractivity contribution in [1.82, 2.24) is 15.0 Å². The first-order chi connectivity index (χ1) is 16.0. The molecule has 3 aromatic heterocycles. The molecule has 8 heteroatoms. The number of aliphatic hydroxyl groups is 1. The molecule has 0 amide bonds. The summed E-state index contributed by atoms with van der Waals surface area (Å²) >= 11 is 0. The van der Waals surface area contributed by atoms with Gasteiger partial charge in [-0.15, -0.1) is 0 Å². The van der Waals surface area contributed by atoms with Crippen LogP contribution in [0.25, 0.3) is 22.2 Å². The molecule has 5 rings (SSSR count). The highest BCUT2D eigenvalue weighted by atomic mass is 19.1. The van der Waals surface area contributed by atoms with E-state index in [-0.39, 0.29) is 17.5 Å². The molecular weight excluding hydrogens is 421 g/mol. The Morgan fingerprint density at radius 3 is 2.73 bits per heavy atom. The van der Waals surface area contributed by atoms with Gasteiger partial charge in [-0.1, -0.05) is 11.6 Å². The van der Waals surface area contributed by atoms with Crippen LogP contribution in [0.3, 0.4) is 0 Å². The highest BCUT2D eigenvalue weighted by Crippen LogP contribution is 2.30. The third-order valence-electron chi connectivity index (χ3n) is 5.97. The van der Waals surface area contributed by atoms with E-state index in [0.29, 0.717) is 33.7 Å². The van der Waals surface area contributed by atoms with E-state index in [2.05, 4.69) is 25.2 Å². The molecule has 1 saturated heterocycles. The normalized spacial score (nSPS) is 14.6. The van der Waals surface area contributed by atoms with Gasteiger partial charge < -0.3 is 20.3 Å². The summed E-state index contributed by atoms with van der Waals surface area (Å²) < 4.78 is 14.6. The second-order valence-corrected chi connectivity index (χ2v) is 8.35. The predicted molar refractivity (Wildman–Crippen MR) is 127 cm³/mol. The van der Waals surface area contributed by atoms with E-state index >= 15 is 0 Å². The van der Waals surface area contributed by atoms with Crippen LogP contribution in [0.5, 0.6) is 0 Å². The molecule has 168 valence electrons. The predicted octanol–water partition coefficient (Wildman–Crippen LogP) is 4.14. The Morgan fingerprint density at radius 1 is 1.15 bits per heavy atom. The number of halogens is 1. The molecule has 1 aliphatic rings. The van der Waals surface area contributed by atoms with E-state index in [1.165, 1.54) is 12.3 Å². The third kappa shape index (κ3) is 4.29. The van der Waals surface area contributed by atoms with E-state index in [1.807, 2.05) is 19.1 Å². The number of rotatable bonds is 4. The molecule has 4 aromatic rings. The second kappa shape index (κ2) is 8.63. The molecule has 0 atom stereocenters. The minimum atomic E-state index is -0.377. The first-order valence-electron chi connectivity index (χ1n) is 10.9. The highest BCUT2D eigenvalue weighted by Gasteiger charge is 2.18. The number of aliphatic hydroxyl groups excluding tert-OH is 1.